The molecule has 3 nitrogen and oxygen atoms in total. The Labute approximate surface area is 123 Å². The summed E-state index contributed by atoms with van der Waals surface area (Å²) in [7, 11) is -1.05. The Hall–Kier alpha value is -0.950. The molecule has 0 radical (unpaired) electrons. The van der Waals surface area contributed by atoms with Crippen molar-refractivity contribution in [1.29, 1.82) is 0 Å². The third-order valence-corrected chi connectivity index (χ3v) is 6.59. The largest absolute Gasteiger partial charge is 0.416 e. The van der Waals surface area contributed by atoms with Crippen molar-refractivity contribution < 1.29 is 22.5 Å². The zero-order valence-corrected chi connectivity index (χ0v) is 12.1. The van der Waals surface area contributed by atoms with Crippen LogP contribution in [-0.2, 0) is 22.6 Å². The minimum absolute atomic E-state index is 0.116. The number of halogens is 3. The van der Waals surface area contributed by atoms with Crippen molar-refractivity contribution in [3.63, 3.8) is 0 Å². The lowest BCUT2D eigenvalue weighted by molar-refractivity contribution is -0.141. The third kappa shape index (κ3) is 2.61. The van der Waals surface area contributed by atoms with Crippen molar-refractivity contribution in [2.75, 3.05) is 0 Å². The van der Waals surface area contributed by atoms with E-state index in [-0.39, 0.29) is 28.9 Å². The number of nitrogens with zero attached hydrogens (tertiary/aromatic N) is 1. The van der Waals surface area contributed by atoms with Gasteiger partial charge in [-0.2, -0.15) is 13.2 Å². The fourth-order valence-electron chi connectivity index (χ4n) is 3.52. The van der Waals surface area contributed by atoms with Gasteiger partial charge in [0.25, 0.3) is 0 Å². The lowest BCUT2D eigenvalue weighted by Crippen LogP contribution is -2.48. The van der Waals surface area contributed by atoms with Crippen LogP contribution in [-0.4, -0.2) is 24.8 Å². The summed E-state index contributed by atoms with van der Waals surface area (Å²) in [6, 6.07) is 0.897. The first-order chi connectivity index (χ1) is 9.81. The van der Waals surface area contributed by atoms with Crippen molar-refractivity contribution in [3.8, 4) is 0 Å². The number of hydrogen-bond donors (Lipinski definition) is 1. The van der Waals surface area contributed by atoms with Crippen LogP contribution in [0.1, 0.15) is 43.2 Å². The van der Waals surface area contributed by atoms with Gasteiger partial charge in [0.1, 0.15) is 0 Å². The maximum absolute atomic E-state index is 13.1. The van der Waals surface area contributed by atoms with Crippen LogP contribution in [0.2, 0.25) is 0 Å². The number of rotatable bonds is 1. The van der Waals surface area contributed by atoms with Crippen molar-refractivity contribution in [3.05, 3.63) is 29.6 Å². The van der Waals surface area contributed by atoms with Crippen LogP contribution in [0, 0.1) is 0 Å². The summed E-state index contributed by atoms with van der Waals surface area (Å²) < 4.78 is 51.6. The Morgan fingerprint density at radius 3 is 2.48 bits per heavy atom. The van der Waals surface area contributed by atoms with Crippen molar-refractivity contribution in [2.24, 2.45) is 0 Å². The van der Waals surface area contributed by atoms with E-state index in [4.69, 9.17) is 0 Å². The van der Waals surface area contributed by atoms with Crippen LogP contribution in [0.4, 0.5) is 13.2 Å². The first-order valence-corrected chi connectivity index (χ1v) is 8.22. The normalized spacial score (nSPS) is 36.5. The zero-order chi connectivity index (χ0) is 15.3. The van der Waals surface area contributed by atoms with Gasteiger partial charge in [-0.05, 0) is 31.7 Å². The van der Waals surface area contributed by atoms with Gasteiger partial charge >= 0.3 is 6.18 Å². The second-order valence-electron chi connectivity index (χ2n) is 5.86. The van der Waals surface area contributed by atoms with Crippen LogP contribution in [0.5, 0.6) is 0 Å². The smallest absolute Gasteiger partial charge is 0.385 e. The van der Waals surface area contributed by atoms with E-state index in [1.807, 2.05) is 0 Å². The zero-order valence-electron chi connectivity index (χ0n) is 11.3. The van der Waals surface area contributed by atoms with Gasteiger partial charge in [-0.3, -0.25) is 9.19 Å². The predicted molar refractivity (Wildman–Crippen MR) is 71.9 cm³/mol. The summed E-state index contributed by atoms with van der Waals surface area (Å²) in [4.78, 5) is 3.76. The quantitative estimate of drug-likeness (QED) is 0.866. The van der Waals surface area contributed by atoms with E-state index in [1.165, 1.54) is 0 Å². The van der Waals surface area contributed by atoms with Gasteiger partial charge in [0, 0.05) is 39.3 Å². The van der Waals surface area contributed by atoms with E-state index in [9.17, 15) is 22.5 Å². The fraction of sp³-hybridized carbons (Fsp3) is 0.643. The highest BCUT2D eigenvalue weighted by atomic mass is 32.2. The maximum Gasteiger partial charge on any atom is 0.416 e. The van der Waals surface area contributed by atoms with Crippen LogP contribution < -0.4 is 0 Å². The lowest BCUT2D eigenvalue weighted by Gasteiger charge is -2.44. The molecule has 3 rings (SSSR count). The van der Waals surface area contributed by atoms with E-state index in [1.54, 1.807) is 0 Å². The van der Waals surface area contributed by atoms with Crippen LogP contribution in [0.25, 0.3) is 0 Å². The average Bonchev–Trinajstić information content (AvgIpc) is 2.40. The number of alkyl halides is 3. The summed E-state index contributed by atoms with van der Waals surface area (Å²) in [6.45, 7) is 0. The van der Waals surface area contributed by atoms with Gasteiger partial charge in [0.05, 0.1) is 11.2 Å². The van der Waals surface area contributed by atoms with Crippen molar-refractivity contribution in [1.82, 2.24) is 4.98 Å². The lowest BCUT2D eigenvalue weighted by atomic mass is 9.79. The molecule has 2 saturated heterocycles. The summed E-state index contributed by atoms with van der Waals surface area (Å²) >= 11 is 0. The first kappa shape index (κ1) is 15.0. The second-order valence-corrected chi connectivity index (χ2v) is 7.85. The Bertz CT molecular complexity index is 560. The Morgan fingerprint density at radius 2 is 1.90 bits per heavy atom. The molecule has 0 amide bonds. The Balaban J connectivity index is 2.02. The highest BCUT2D eigenvalue weighted by molar-refractivity contribution is 7.86. The van der Waals surface area contributed by atoms with Gasteiger partial charge in [-0.25, -0.2) is 0 Å². The fourth-order valence-corrected chi connectivity index (χ4v) is 5.74. The van der Waals surface area contributed by atoms with E-state index in [2.05, 4.69) is 4.98 Å². The van der Waals surface area contributed by atoms with Gasteiger partial charge in [-0.1, -0.05) is 6.42 Å². The molecular formula is C14H16F3NO2S. The monoisotopic (exact) mass is 319 g/mol. The number of fused-ring (bicyclic) bond motifs is 2. The predicted octanol–water partition coefficient (Wildman–Crippen LogP) is 2.75. The summed E-state index contributed by atoms with van der Waals surface area (Å²) in [5, 5.41) is 10.4. The number of hydrogen-bond acceptors (Lipinski definition) is 3. The minimum Gasteiger partial charge on any atom is -0.385 e. The molecule has 0 aliphatic carbocycles. The molecule has 116 valence electrons. The number of pyridine rings is 1. The third-order valence-electron chi connectivity index (χ3n) is 4.47. The topological polar surface area (TPSA) is 50.2 Å². The molecule has 1 N–H and O–H groups in total. The van der Waals surface area contributed by atoms with E-state index < -0.39 is 28.1 Å². The molecule has 2 aliphatic rings. The molecule has 0 spiro atoms. The summed E-state index contributed by atoms with van der Waals surface area (Å²) in [5.41, 5.74) is -2.60. The molecule has 2 fully saturated rings. The molecule has 1 aromatic rings. The van der Waals surface area contributed by atoms with Crippen LogP contribution in [0.15, 0.2) is 18.5 Å². The molecule has 0 saturated carbocycles. The molecule has 7 heteroatoms. The molecule has 2 aliphatic heterocycles. The molecular weight excluding hydrogens is 303 g/mol. The molecule has 2 unspecified atom stereocenters. The van der Waals surface area contributed by atoms with E-state index in [0.717, 1.165) is 24.9 Å². The number of aliphatic hydroxyl groups is 1. The van der Waals surface area contributed by atoms with Crippen molar-refractivity contribution >= 4 is 10.8 Å². The standard InChI is InChI=1S/C14H16F3NO2S/c15-14(16,17)11-4-5-18-8-12(11)13(19)6-9-2-1-3-10(7-13)21(9)20/h4-5,8-10,19H,1-3,6-7H2. The van der Waals surface area contributed by atoms with Gasteiger partial charge in [0.2, 0.25) is 0 Å². The second kappa shape index (κ2) is 5.05. The Morgan fingerprint density at radius 1 is 1.29 bits per heavy atom. The molecule has 3 heterocycles. The van der Waals surface area contributed by atoms with Crippen LogP contribution in [0.3, 0.4) is 0 Å². The molecule has 21 heavy (non-hydrogen) atoms. The van der Waals surface area contributed by atoms with Crippen LogP contribution >= 0.6 is 0 Å². The van der Waals surface area contributed by atoms with E-state index in [0.29, 0.717) is 12.8 Å². The van der Waals surface area contributed by atoms with Gasteiger partial charge < -0.3 is 5.11 Å². The molecule has 1 aromatic heterocycles. The number of aromatic nitrogens is 1. The summed E-state index contributed by atoms with van der Waals surface area (Å²) in [5.74, 6) is 0. The SMILES string of the molecule is O=S1C2CCCC1CC(O)(c1cnccc1C(F)(F)F)C2. The first-order valence-electron chi connectivity index (χ1n) is 6.95. The Kier molecular flexibility index (Phi) is 3.60. The molecule has 0 aromatic carbocycles. The maximum atomic E-state index is 13.1. The molecule has 2 bridgehead atoms. The van der Waals surface area contributed by atoms with Gasteiger partial charge in [-0.15, -0.1) is 0 Å². The average molecular weight is 319 g/mol. The minimum atomic E-state index is -4.53. The highest BCUT2D eigenvalue weighted by Crippen LogP contribution is 2.47. The molecule has 2 atom stereocenters. The van der Waals surface area contributed by atoms with E-state index >= 15 is 0 Å². The summed E-state index contributed by atoms with van der Waals surface area (Å²) in [6.07, 6.45) is 0.218. The van der Waals surface area contributed by atoms with Crippen molar-refractivity contribution in [2.45, 2.75) is 54.4 Å². The van der Waals surface area contributed by atoms with Gasteiger partial charge in [0.15, 0.2) is 0 Å². The highest BCUT2D eigenvalue weighted by Gasteiger charge is 2.49.